The molecule has 0 aromatic heterocycles. The molecule has 1 rings (SSSR count). The molecule has 0 heterocycles. The summed E-state index contributed by atoms with van der Waals surface area (Å²) in [6, 6.07) is 8.80. The van der Waals surface area contributed by atoms with Crippen LogP contribution in [0.1, 0.15) is 44.6 Å². The van der Waals surface area contributed by atoms with Gasteiger partial charge in [-0.05, 0) is 72.9 Å². The Kier molecular flexibility index (Phi) is 12.0. The van der Waals surface area contributed by atoms with E-state index in [9.17, 15) is 4.79 Å². The van der Waals surface area contributed by atoms with Crippen LogP contribution >= 0.6 is 35.0 Å². The van der Waals surface area contributed by atoms with E-state index in [4.69, 9.17) is 5.73 Å². The Hall–Kier alpha value is -0.330. The molecule has 1 amide bonds. The van der Waals surface area contributed by atoms with Gasteiger partial charge in [0.15, 0.2) is 0 Å². The second-order valence-corrected chi connectivity index (χ2v) is 6.55. The molecule has 0 saturated carbocycles. The Morgan fingerprint density at radius 1 is 1.24 bits per heavy atom. The maximum atomic E-state index is 11.5. The van der Waals surface area contributed by atoms with E-state index in [1.165, 1.54) is 9.13 Å². The van der Waals surface area contributed by atoms with Crippen molar-refractivity contribution in [3.8, 4) is 0 Å². The first kappa shape index (κ1) is 20.7. The van der Waals surface area contributed by atoms with Crippen molar-refractivity contribution in [3.63, 3.8) is 0 Å². The van der Waals surface area contributed by atoms with Gasteiger partial charge in [-0.2, -0.15) is 0 Å². The van der Waals surface area contributed by atoms with Crippen LogP contribution in [0.2, 0.25) is 0 Å². The van der Waals surface area contributed by atoms with E-state index in [1.807, 2.05) is 6.92 Å². The van der Waals surface area contributed by atoms with Gasteiger partial charge < -0.3 is 11.1 Å². The van der Waals surface area contributed by atoms with Gasteiger partial charge in [0.2, 0.25) is 5.91 Å². The highest BCUT2D eigenvalue weighted by Crippen LogP contribution is 2.10. The molecule has 1 aromatic carbocycles. The summed E-state index contributed by atoms with van der Waals surface area (Å²) in [5.74, 6) is 0.153. The Labute approximate surface area is 148 Å². The molecule has 0 fully saturated rings. The summed E-state index contributed by atoms with van der Waals surface area (Å²) in [4.78, 5) is 11.5. The van der Waals surface area contributed by atoms with Gasteiger partial charge in [0.1, 0.15) is 0 Å². The first-order valence-corrected chi connectivity index (χ1v) is 8.42. The SMILES string of the molecule is CC(N)CCNC(=O)CCCCCc1ccc(I)cc1.Cl. The number of carbonyl (C=O) groups excluding carboxylic acids is 1. The topological polar surface area (TPSA) is 55.1 Å². The molecule has 120 valence electrons. The number of hydrogen-bond acceptors (Lipinski definition) is 2. The fourth-order valence-corrected chi connectivity index (χ4v) is 2.33. The number of halogens is 2. The molecule has 0 aliphatic rings. The van der Waals surface area contributed by atoms with Crippen molar-refractivity contribution in [2.24, 2.45) is 5.73 Å². The molecule has 1 atom stereocenters. The molecule has 5 heteroatoms. The lowest BCUT2D eigenvalue weighted by atomic mass is 10.1. The summed E-state index contributed by atoms with van der Waals surface area (Å²) in [7, 11) is 0. The van der Waals surface area contributed by atoms with Crippen molar-refractivity contribution in [3.05, 3.63) is 33.4 Å². The van der Waals surface area contributed by atoms with Gasteiger partial charge in [-0.3, -0.25) is 4.79 Å². The average Bonchev–Trinajstić information content (AvgIpc) is 2.40. The second-order valence-electron chi connectivity index (χ2n) is 5.30. The summed E-state index contributed by atoms with van der Waals surface area (Å²) >= 11 is 2.32. The summed E-state index contributed by atoms with van der Waals surface area (Å²) in [6.45, 7) is 2.65. The molecule has 0 bridgehead atoms. The Bertz CT molecular complexity index is 396. The van der Waals surface area contributed by atoms with Crippen molar-refractivity contribution in [2.45, 2.75) is 51.5 Å². The molecule has 3 N–H and O–H groups in total. The third-order valence-corrected chi connectivity index (χ3v) is 3.92. The number of rotatable bonds is 9. The van der Waals surface area contributed by atoms with Crippen molar-refractivity contribution in [2.75, 3.05) is 6.54 Å². The van der Waals surface area contributed by atoms with E-state index in [0.717, 1.165) is 32.1 Å². The predicted octanol–water partition coefficient (Wildman–Crippen LogP) is 3.67. The largest absolute Gasteiger partial charge is 0.356 e. The highest BCUT2D eigenvalue weighted by Gasteiger charge is 2.01. The third-order valence-electron chi connectivity index (χ3n) is 3.20. The van der Waals surface area contributed by atoms with E-state index in [1.54, 1.807) is 0 Å². The zero-order valence-corrected chi connectivity index (χ0v) is 15.6. The maximum absolute atomic E-state index is 11.5. The van der Waals surface area contributed by atoms with Crippen LogP contribution < -0.4 is 11.1 Å². The number of nitrogens with two attached hydrogens (primary N) is 1. The third kappa shape index (κ3) is 11.0. The van der Waals surface area contributed by atoms with Crippen molar-refractivity contribution < 1.29 is 4.79 Å². The first-order chi connectivity index (χ1) is 9.58. The van der Waals surface area contributed by atoms with Gasteiger partial charge >= 0.3 is 0 Å². The number of amides is 1. The fourth-order valence-electron chi connectivity index (χ4n) is 1.97. The van der Waals surface area contributed by atoms with Crippen LogP contribution in [0.25, 0.3) is 0 Å². The summed E-state index contributed by atoms with van der Waals surface area (Å²) < 4.78 is 1.27. The van der Waals surface area contributed by atoms with Crippen molar-refractivity contribution >= 4 is 40.9 Å². The first-order valence-electron chi connectivity index (χ1n) is 7.34. The molecule has 0 aliphatic heterocycles. The molecule has 3 nitrogen and oxygen atoms in total. The Morgan fingerprint density at radius 3 is 2.52 bits per heavy atom. The van der Waals surface area contributed by atoms with Crippen molar-refractivity contribution in [1.82, 2.24) is 5.32 Å². The van der Waals surface area contributed by atoms with Crippen molar-refractivity contribution in [1.29, 1.82) is 0 Å². The summed E-state index contributed by atoms with van der Waals surface area (Å²) in [6.07, 6.45) is 5.79. The quantitative estimate of drug-likeness (QED) is 0.469. The van der Waals surface area contributed by atoms with Crippen LogP contribution in [-0.4, -0.2) is 18.5 Å². The number of aryl methyl sites for hydroxylation is 1. The van der Waals surface area contributed by atoms with Gasteiger partial charge in [0, 0.05) is 22.6 Å². The monoisotopic (exact) mass is 424 g/mol. The van der Waals surface area contributed by atoms with E-state index in [0.29, 0.717) is 13.0 Å². The van der Waals surface area contributed by atoms with E-state index >= 15 is 0 Å². The van der Waals surface area contributed by atoms with Crippen LogP contribution in [0.5, 0.6) is 0 Å². The number of benzene rings is 1. The van der Waals surface area contributed by atoms with Gasteiger partial charge in [0.25, 0.3) is 0 Å². The lowest BCUT2D eigenvalue weighted by molar-refractivity contribution is -0.121. The van der Waals surface area contributed by atoms with Gasteiger partial charge in [-0.25, -0.2) is 0 Å². The molecule has 0 aliphatic carbocycles. The van der Waals surface area contributed by atoms with Crippen LogP contribution in [0, 0.1) is 3.57 Å². The fraction of sp³-hybridized carbons (Fsp3) is 0.562. The molecular formula is C16H26ClIN2O. The van der Waals surface area contributed by atoms with E-state index < -0.39 is 0 Å². The van der Waals surface area contributed by atoms with Crippen LogP contribution in [-0.2, 0) is 11.2 Å². The smallest absolute Gasteiger partial charge is 0.219 e. The Balaban J connectivity index is 0.00000400. The second kappa shape index (κ2) is 12.2. The minimum Gasteiger partial charge on any atom is -0.356 e. The molecule has 0 radical (unpaired) electrons. The molecule has 21 heavy (non-hydrogen) atoms. The average molecular weight is 425 g/mol. The molecule has 0 saturated heterocycles. The number of carbonyl (C=O) groups is 1. The lowest BCUT2D eigenvalue weighted by Gasteiger charge is -2.07. The standard InChI is InChI=1S/C16H25IN2O.ClH/c1-13(18)11-12-19-16(20)6-4-2-3-5-14-7-9-15(17)10-8-14;/h7-10,13H,2-6,11-12,18H2,1H3,(H,19,20);1H. The number of unbranched alkanes of at least 4 members (excludes halogenated alkanes) is 2. The number of nitrogens with one attached hydrogen (secondary N) is 1. The van der Waals surface area contributed by atoms with Gasteiger partial charge in [-0.1, -0.05) is 18.6 Å². The van der Waals surface area contributed by atoms with Gasteiger partial charge in [-0.15, -0.1) is 12.4 Å². The van der Waals surface area contributed by atoms with Crippen LogP contribution in [0.15, 0.2) is 24.3 Å². The Morgan fingerprint density at radius 2 is 1.90 bits per heavy atom. The van der Waals surface area contributed by atoms with E-state index in [2.05, 4.69) is 52.2 Å². The lowest BCUT2D eigenvalue weighted by Crippen LogP contribution is -2.28. The summed E-state index contributed by atoms with van der Waals surface area (Å²) in [5, 5.41) is 2.91. The molecule has 1 unspecified atom stereocenters. The van der Waals surface area contributed by atoms with Crippen LogP contribution in [0.3, 0.4) is 0 Å². The van der Waals surface area contributed by atoms with Gasteiger partial charge in [0.05, 0.1) is 0 Å². The minimum atomic E-state index is 0. The zero-order valence-electron chi connectivity index (χ0n) is 12.6. The highest BCUT2D eigenvalue weighted by atomic mass is 127. The molecule has 1 aromatic rings. The normalized spacial score (nSPS) is 11.6. The molecule has 0 spiro atoms. The van der Waals surface area contributed by atoms with Crippen LogP contribution in [0.4, 0.5) is 0 Å². The molecular weight excluding hydrogens is 399 g/mol. The maximum Gasteiger partial charge on any atom is 0.219 e. The minimum absolute atomic E-state index is 0. The highest BCUT2D eigenvalue weighted by molar-refractivity contribution is 14.1. The predicted molar refractivity (Wildman–Crippen MR) is 99.9 cm³/mol. The summed E-state index contributed by atoms with van der Waals surface area (Å²) in [5.41, 5.74) is 7.01. The zero-order chi connectivity index (χ0) is 14.8. The number of hydrogen-bond donors (Lipinski definition) is 2. The van der Waals surface area contributed by atoms with E-state index in [-0.39, 0.29) is 24.4 Å².